The van der Waals surface area contributed by atoms with Crippen molar-refractivity contribution < 1.29 is 9.53 Å². The zero-order chi connectivity index (χ0) is 9.03. The first-order chi connectivity index (χ1) is 5.68. The van der Waals surface area contributed by atoms with Crippen molar-refractivity contribution in [3.8, 4) is 0 Å². The molecular formula is C7H13N3O2. The zero-order valence-corrected chi connectivity index (χ0v) is 6.80. The maximum Gasteiger partial charge on any atom is 0.295 e. The largest absolute Gasteiger partial charge is 0.441 e. The lowest BCUT2D eigenvalue weighted by Gasteiger charge is -2.27. The van der Waals surface area contributed by atoms with Crippen LogP contribution in [0.15, 0.2) is 0 Å². The summed E-state index contributed by atoms with van der Waals surface area (Å²) in [4.78, 5) is 10.2. The number of hydrogen-bond acceptors (Lipinski definition) is 3. The topological polar surface area (TPSA) is 88.2 Å². The summed E-state index contributed by atoms with van der Waals surface area (Å²) >= 11 is 0. The molecule has 0 bridgehead atoms. The second kappa shape index (κ2) is 3.42. The number of carbonyl (C=O) groups excluding carboxylic acids is 1. The molecule has 0 aromatic carbocycles. The fraction of sp³-hybridized carbons (Fsp3) is 0.714. The van der Waals surface area contributed by atoms with E-state index in [2.05, 4.69) is 5.32 Å². The van der Waals surface area contributed by atoms with Crippen molar-refractivity contribution >= 4 is 12.4 Å². The van der Waals surface area contributed by atoms with Crippen LogP contribution in [0.3, 0.4) is 0 Å². The van der Waals surface area contributed by atoms with E-state index in [4.69, 9.17) is 15.9 Å². The van der Waals surface area contributed by atoms with Gasteiger partial charge in [-0.1, -0.05) is 0 Å². The van der Waals surface area contributed by atoms with Crippen LogP contribution in [-0.4, -0.2) is 18.2 Å². The van der Waals surface area contributed by atoms with Gasteiger partial charge in [0.25, 0.3) is 6.47 Å². The van der Waals surface area contributed by atoms with Gasteiger partial charge in [-0.2, -0.15) is 0 Å². The highest BCUT2D eigenvalue weighted by atomic mass is 16.6. The summed E-state index contributed by atoms with van der Waals surface area (Å²) in [6.45, 7) is 0.404. The van der Waals surface area contributed by atoms with Crippen LogP contribution in [0.5, 0.6) is 0 Å². The van der Waals surface area contributed by atoms with E-state index in [0.29, 0.717) is 6.47 Å². The first kappa shape index (κ1) is 8.83. The lowest BCUT2D eigenvalue weighted by atomic mass is 10.2. The van der Waals surface area contributed by atoms with E-state index in [1.165, 1.54) is 0 Å². The molecule has 0 aromatic heterocycles. The third-order valence-corrected chi connectivity index (χ3v) is 2.05. The van der Waals surface area contributed by atoms with Gasteiger partial charge in [0.15, 0.2) is 11.7 Å². The van der Waals surface area contributed by atoms with Gasteiger partial charge in [-0.25, -0.2) is 0 Å². The summed E-state index contributed by atoms with van der Waals surface area (Å²) in [5.74, 6) is -0.154. The van der Waals surface area contributed by atoms with Crippen molar-refractivity contribution in [3.63, 3.8) is 0 Å². The fourth-order valence-electron chi connectivity index (χ4n) is 1.56. The van der Waals surface area contributed by atoms with E-state index in [1.807, 2.05) is 0 Å². The molecule has 1 fully saturated rings. The number of hydrogen-bond donors (Lipinski definition) is 3. The van der Waals surface area contributed by atoms with E-state index >= 15 is 0 Å². The van der Waals surface area contributed by atoms with E-state index in [9.17, 15) is 4.79 Å². The van der Waals surface area contributed by atoms with Crippen molar-refractivity contribution in [2.45, 2.75) is 31.4 Å². The Morgan fingerprint density at radius 1 is 1.58 bits per heavy atom. The Morgan fingerprint density at radius 2 is 2.17 bits per heavy atom. The van der Waals surface area contributed by atoms with Crippen molar-refractivity contribution in [3.05, 3.63) is 0 Å². The van der Waals surface area contributed by atoms with E-state index in [1.54, 1.807) is 0 Å². The monoisotopic (exact) mass is 171 g/mol. The lowest BCUT2D eigenvalue weighted by Crippen LogP contribution is -2.50. The Morgan fingerprint density at radius 3 is 2.58 bits per heavy atom. The van der Waals surface area contributed by atoms with Gasteiger partial charge in [0.1, 0.15) is 0 Å². The van der Waals surface area contributed by atoms with Gasteiger partial charge in [-0.3, -0.25) is 10.2 Å². The van der Waals surface area contributed by atoms with Gasteiger partial charge < -0.3 is 15.8 Å². The van der Waals surface area contributed by atoms with E-state index < -0.39 is 5.72 Å². The summed E-state index contributed by atoms with van der Waals surface area (Å²) in [6.07, 6.45) is 3.44. The maximum atomic E-state index is 10.2. The molecule has 0 amide bonds. The minimum absolute atomic E-state index is 0.154. The molecule has 1 aliphatic carbocycles. The third kappa shape index (κ3) is 1.87. The Kier molecular flexibility index (Phi) is 2.52. The molecule has 0 aromatic rings. The zero-order valence-electron chi connectivity index (χ0n) is 6.80. The molecular weight excluding hydrogens is 158 g/mol. The van der Waals surface area contributed by atoms with Crippen LogP contribution in [0.1, 0.15) is 25.7 Å². The highest BCUT2D eigenvalue weighted by Crippen LogP contribution is 2.29. The molecule has 1 aliphatic rings. The molecule has 0 aliphatic heterocycles. The average Bonchev–Trinajstić information content (AvgIpc) is 2.36. The number of nitrogens with one attached hydrogen (secondary N) is 2. The number of rotatable bonds is 3. The highest BCUT2D eigenvalue weighted by Gasteiger charge is 2.35. The van der Waals surface area contributed by atoms with Crippen LogP contribution >= 0.6 is 0 Å². The van der Waals surface area contributed by atoms with Gasteiger partial charge in [0.2, 0.25) is 0 Å². The molecule has 12 heavy (non-hydrogen) atoms. The van der Waals surface area contributed by atoms with Crippen molar-refractivity contribution in [1.82, 2.24) is 5.32 Å². The normalized spacial score (nSPS) is 20.0. The van der Waals surface area contributed by atoms with Crippen LogP contribution in [0, 0.1) is 5.41 Å². The van der Waals surface area contributed by atoms with Gasteiger partial charge in [-0.15, -0.1) is 0 Å². The maximum absolute atomic E-state index is 10.2. The second-order valence-corrected chi connectivity index (χ2v) is 2.95. The summed E-state index contributed by atoms with van der Waals surface area (Å²) < 4.78 is 4.89. The standard InChI is InChI=1S/C7H13N3O2/c8-6(9)10-7(12-5-11)3-1-2-4-7/h5H,1-4H2,(H4,8,9,10). The van der Waals surface area contributed by atoms with Crippen LogP contribution in [0.25, 0.3) is 0 Å². The minimum atomic E-state index is -0.701. The SMILES string of the molecule is N=C(N)NC1(OC=O)CCCC1. The highest BCUT2D eigenvalue weighted by molar-refractivity contribution is 5.75. The van der Waals surface area contributed by atoms with E-state index in [0.717, 1.165) is 25.7 Å². The van der Waals surface area contributed by atoms with Crippen molar-refractivity contribution in [2.75, 3.05) is 0 Å². The number of nitrogens with two attached hydrogens (primary N) is 1. The smallest absolute Gasteiger partial charge is 0.295 e. The van der Waals surface area contributed by atoms with Crippen LogP contribution in [0.2, 0.25) is 0 Å². The van der Waals surface area contributed by atoms with Gasteiger partial charge in [0, 0.05) is 12.8 Å². The van der Waals surface area contributed by atoms with Gasteiger partial charge >= 0.3 is 0 Å². The second-order valence-electron chi connectivity index (χ2n) is 2.95. The summed E-state index contributed by atoms with van der Waals surface area (Å²) in [7, 11) is 0. The third-order valence-electron chi connectivity index (χ3n) is 2.05. The molecule has 5 heteroatoms. The molecule has 0 unspecified atom stereocenters. The predicted octanol–water partition coefficient (Wildman–Crippen LogP) is -0.0872. The molecule has 5 nitrogen and oxygen atoms in total. The molecule has 1 rings (SSSR count). The molecule has 4 N–H and O–H groups in total. The summed E-state index contributed by atoms with van der Waals surface area (Å²) in [5.41, 5.74) is 4.46. The predicted molar refractivity (Wildman–Crippen MR) is 43.4 cm³/mol. The molecule has 0 heterocycles. The summed E-state index contributed by atoms with van der Waals surface area (Å²) in [6, 6.07) is 0. The molecule has 1 saturated carbocycles. The molecule has 0 radical (unpaired) electrons. The van der Waals surface area contributed by atoms with Crippen LogP contribution in [0.4, 0.5) is 0 Å². The van der Waals surface area contributed by atoms with Crippen LogP contribution < -0.4 is 11.1 Å². The molecule has 0 atom stereocenters. The summed E-state index contributed by atoms with van der Waals surface area (Å²) in [5, 5.41) is 9.70. The number of ether oxygens (including phenoxy) is 1. The fourth-order valence-corrected chi connectivity index (χ4v) is 1.56. The number of guanidine groups is 1. The van der Waals surface area contributed by atoms with Crippen LogP contribution in [-0.2, 0) is 9.53 Å². The quantitative estimate of drug-likeness (QED) is 0.240. The first-order valence-electron chi connectivity index (χ1n) is 3.92. The van der Waals surface area contributed by atoms with Gasteiger partial charge in [-0.05, 0) is 12.8 Å². The van der Waals surface area contributed by atoms with E-state index in [-0.39, 0.29) is 5.96 Å². The van der Waals surface area contributed by atoms with Crippen molar-refractivity contribution in [2.24, 2.45) is 5.73 Å². The average molecular weight is 171 g/mol. The Labute approximate surface area is 70.8 Å². The Hall–Kier alpha value is -1.26. The minimum Gasteiger partial charge on any atom is -0.441 e. The van der Waals surface area contributed by atoms with Crippen molar-refractivity contribution in [1.29, 1.82) is 5.41 Å². The first-order valence-corrected chi connectivity index (χ1v) is 3.92. The molecule has 0 saturated heterocycles. The Balaban J connectivity index is 2.57. The number of carbonyl (C=O) groups is 1. The molecule has 0 spiro atoms. The lowest BCUT2D eigenvalue weighted by molar-refractivity contribution is -0.144. The molecule has 68 valence electrons. The van der Waals surface area contributed by atoms with Gasteiger partial charge in [0.05, 0.1) is 0 Å². The Bertz CT molecular complexity index is 187.